The number of carbonyl (C=O) groups is 1. The number of halogens is 2. The van der Waals surface area contributed by atoms with Crippen LogP contribution < -0.4 is 5.32 Å². The first-order chi connectivity index (χ1) is 10.6. The number of rotatable bonds is 4. The van der Waals surface area contributed by atoms with Crippen molar-refractivity contribution in [1.29, 1.82) is 0 Å². The Balaban J connectivity index is 1.75. The number of benzene rings is 2. The van der Waals surface area contributed by atoms with Gasteiger partial charge in [0.1, 0.15) is 11.6 Å². The molecule has 4 heteroatoms. The molecule has 2 aromatic carbocycles. The van der Waals surface area contributed by atoms with Crippen LogP contribution in [0.1, 0.15) is 30.4 Å². The largest absolute Gasteiger partial charge is 0.351 e. The quantitative estimate of drug-likeness (QED) is 0.916. The maximum atomic E-state index is 13.4. The van der Waals surface area contributed by atoms with Crippen LogP contribution in [0.25, 0.3) is 0 Å². The average molecular weight is 301 g/mol. The minimum Gasteiger partial charge on any atom is -0.351 e. The van der Waals surface area contributed by atoms with Gasteiger partial charge in [0.15, 0.2) is 0 Å². The van der Waals surface area contributed by atoms with Crippen molar-refractivity contribution in [3.8, 4) is 0 Å². The van der Waals surface area contributed by atoms with Gasteiger partial charge in [-0.15, -0.1) is 0 Å². The third kappa shape index (κ3) is 2.73. The molecule has 1 amide bonds. The van der Waals surface area contributed by atoms with E-state index in [9.17, 15) is 13.6 Å². The van der Waals surface area contributed by atoms with Crippen LogP contribution in [-0.4, -0.2) is 5.91 Å². The van der Waals surface area contributed by atoms with Crippen molar-refractivity contribution in [3.63, 3.8) is 0 Å². The van der Waals surface area contributed by atoms with E-state index in [2.05, 4.69) is 5.32 Å². The summed E-state index contributed by atoms with van der Waals surface area (Å²) >= 11 is 0. The van der Waals surface area contributed by atoms with Crippen LogP contribution in [0.5, 0.6) is 0 Å². The Kier molecular flexibility index (Phi) is 3.92. The molecule has 1 fully saturated rings. The Morgan fingerprint density at radius 2 is 1.73 bits per heavy atom. The van der Waals surface area contributed by atoms with Gasteiger partial charge in [0.05, 0.1) is 5.41 Å². The molecule has 22 heavy (non-hydrogen) atoms. The van der Waals surface area contributed by atoms with Crippen LogP contribution in [0.4, 0.5) is 8.78 Å². The van der Waals surface area contributed by atoms with Crippen molar-refractivity contribution in [1.82, 2.24) is 5.32 Å². The highest BCUT2D eigenvalue weighted by molar-refractivity contribution is 5.89. The minimum absolute atomic E-state index is 0.117. The number of hydrogen-bond donors (Lipinski definition) is 1. The van der Waals surface area contributed by atoms with Crippen LogP contribution in [-0.2, 0) is 16.8 Å². The van der Waals surface area contributed by atoms with Gasteiger partial charge < -0.3 is 5.32 Å². The van der Waals surface area contributed by atoms with Crippen LogP contribution in [0, 0.1) is 11.6 Å². The van der Waals surface area contributed by atoms with Crippen molar-refractivity contribution in [3.05, 3.63) is 71.3 Å². The van der Waals surface area contributed by atoms with Gasteiger partial charge in [-0.3, -0.25) is 4.79 Å². The fraction of sp³-hybridized carbons (Fsp3) is 0.278. The highest BCUT2D eigenvalue weighted by atomic mass is 19.1. The summed E-state index contributed by atoms with van der Waals surface area (Å²) in [4.78, 5) is 12.6. The first-order valence-electron chi connectivity index (χ1n) is 7.39. The number of carbonyl (C=O) groups excluding carboxylic acids is 1. The second-order valence-corrected chi connectivity index (χ2v) is 5.76. The molecule has 0 unspecified atom stereocenters. The molecule has 0 spiro atoms. The molecule has 0 aliphatic heterocycles. The fourth-order valence-electron chi connectivity index (χ4n) is 2.96. The lowest BCUT2D eigenvalue weighted by molar-refractivity contribution is -0.130. The summed E-state index contributed by atoms with van der Waals surface area (Å²) < 4.78 is 26.6. The number of amides is 1. The summed E-state index contributed by atoms with van der Waals surface area (Å²) in [5.41, 5.74) is 0.785. The third-order valence-corrected chi connectivity index (χ3v) is 4.36. The summed E-state index contributed by atoms with van der Waals surface area (Å²) in [6.07, 6.45) is 2.38. The van der Waals surface area contributed by atoms with Gasteiger partial charge in [-0.05, 0) is 48.2 Å². The summed E-state index contributed by atoms with van der Waals surface area (Å²) in [5.74, 6) is -0.773. The zero-order valence-corrected chi connectivity index (χ0v) is 12.1. The van der Waals surface area contributed by atoms with E-state index in [1.165, 1.54) is 24.3 Å². The minimum atomic E-state index is -0.643. The van der Waals surface area contributed by atoms with Crippen molar-refractivity contribution in [2.24, 2.45) is 0 Å². The zero-order valence-electron chi connectivity index (χ0n) is 12.1. The fourth-order valence-corrected chi connectivity index (χ4v) is 2.96. The molecule has 0 aromatic heterocycles. The maximum absolute atomic E-state index is 13.4. The predicted molar refractivity (Wildman–Crippen MR) is 80.2 cm³/mol. The van der Waals surface area contributed by atoms with E-state index in [4.69, 9.17) is 0 Å². The Bertz CT molecular complexity index is 695. The molecule has 0 atom stereocenters. The summed E-state index contributed by atoms with van der Waals surface area (Å²) in [6, 6.07) is 12.4. The molecule has 0 heterocycles. The van der Waals surface area contributed by atoms with E-state index in [1.807, 2.05) is 0 Å². The van der Waals surface area contributed by atoms with Crippen molar-refractivity contribution in [2.45, 2.75) is 31.2 Å². The molecule has 1 aliphatic rings. The average Bonchev–Trinajstić information content (AvgIpc) is 2.44. The lowest BCUT2D eigenvalue weighted by Crippen LogP contribution is -2.49. The Morgan fingerprint density at radius 1 is 1.05 bits per heavy atom. The van der Waals surface area contributed by atoms with E-state index in [-0.39, 0.29) is 24.1 Å². The van der Waals surface area contributed by atoms with Gasteiger partial charge in [0.2, 0.25) is 5.91 Å². The van der Waals surface area contributed by atoms with Crippen LogP contribution in [0.3, 0.4) is 0 Å². The number of hydrogen-bond acceptors (Lipinski definition) is 1. The number of nitrogens with one attached hydrogen (secondary N) is 1. The predicted octanol–water partition coefficient (Wildman–Crippen LogP) is 3.70. The van der Waals surface area contributed by atoms with Gasteiger partial charge in [-0.2, -0.15) is 0 Å². The monoisotopic (exact) mass is 301 g/mol. The Labute approximate surface area is 128 Å². The van der Waals surface area contributed by atoms with Gasteiger partial charge in [0.25, 0.3) is 0 Å². The van der Waals surface area contributed by atoms with Crippen LogP contribution in [0.2, 0.25) is 0 Å². The lowest BCUT2D eigenvalue weighted by Gasteiger charge is -2.40. The Morgan fingerprint density at radius 3 is 2.32 bits per heavy atom. The van der Waals surface area contributed by atoms with E-state index in [0.717, 1.165) is 12.0 Å². The Hall–Kier alpha value is -2.23. The second-order valence-electron chi connectivity index (χ2n) is 5.76. The van der Waals surface area contributed by atoms with E-state index in [0.29, 0.717) is 18.4 Å². The molecule has 114 valence electrons. The molecular weight excluding hydrogens is 284 g/mol. The summed E-state index contributed by atoms with van der Waals surface area (Å²) in [7, 11) is 0. The van der Waals surface area contributed by atoms with Crippen molar-refractivity contribution < 1.29 is 13.6 Å². The summed E-state index contributed by atoms with van der Waals surface area (Å²) in [5, 5.41) is 2.86. The molecule has 0 bridgehead atoms. The molecule has 3 rings (SSSR count). The molecule has 2 nitrogen and oxygen atoms in total. The molecule has 0 saturated heterocycles. The molecule has 2 aromatic rings. The lowest BCUT2D eigenvalue weighted by atomic mass is 9.64. The van der Waals surface area contributed by atoms with Gasteiger partial charge >= 0.3 is 0 Å². The normalized spacial score (nSPS) is 15.9. The van der Waals surface area contributed by atoms with Gasteiger partial charge in [0, 0.05) is 6.54 Å². The molecule has 0 radical (unpaired) electrons. The smallest absolute Gasteiger partial charge is 0.230 e. The first kappa shape index (κ1) is 14.7. The maximum Gasteiger partial charge on any atom is 0.230 e. The molecule has 1 aliphatic carbocycles. The van der Waals surface area contributed by atoms with E-state index < -0.39 is 5.41 Å². The first-order valence-corrected chi connectivity index (χ1v) is 7.39. The molecular formula is C18H17F2NO. The standard InChI is InChI=1S/C18H17F2NO/c19-15-6-1-4-13(10-15)12-21-17(22)18(8-3-9-18)14-5-2-7-16(20)11-14/h1-2,4-7,10-11H,3,8-9,12H2,(H,21,22). The highest BCUT2D eigenvalue weighted by Gasteiger charge is 2.45. The van der Waals surface area contributed by atoms with Gasteiger partial charge in [-0.1, -0.05) is 30.7 Å². The van der Waals surface area contributed by atoms with Crippen LogP contribution >= 0.6 is 0 Å². The third-order valence-electron chi connectivity index (χ3n) is 4.36. The van der Waals surface area contributed by atoms with Crippen LogP contribution in [0.15, 0.2) is 48.5 Å². The molecule has 1 saturated carbocycles. The van der Waals surface area contributed by atoms with Crippen molar-refractivity contribution >= 4 is 5.91 Å². The van der Waals surface area contributed by atoms with Gasteiger partial charge in [-0.25, -0.2) is 8.78 Å². The van der Waals surface area contributed by atoms with Crippen molar-refractivity contribution in [2.75, 3.05) is 0 Å². The zero-order chi connectivity index (χ0) is 15.6. The molecule has 1 N–H and O–H groups in total. The topological polar surface area (TPSA) is 29.1 Å². The SMILES string of the molecule is O=C(NCc1cccc(F)c1)C1(c2cccc(F)c2)CCC1. The summed E-state index contributed by atoms with van der Waals surface area (Å²) in [6.45, 7) is 0.271. The van der Waals surface area contributed by atoms with E-state index >= 15 is 0 Å². The van der Waals surface area contributed by atoms with E-state index in [1.54, 1.807) is 24.3 Å². The second kappa shape index (κ2) is 5.87. The highest BCUT2D eigenvalue weighted by Crippen LogP contribution is 2.44.